The molecular weight excluding hydrogens is 390 g/mol. The molecule has 0 amide bonds. The van der Waals surface area contributed by atoms with Gasteiger partial charge in [-0.1, -0.05) is 0 Å². The fourth-order valence-corrected chi connectivity index (χ4v) is 2.74. The van der Waals surface area contributed by atoms with E-state index in [-0.39, 0.29) is 0 Å². The molecule has 1 aromatic heterocycles. The van der Waals surface area contributed by atoms with Crippen LogP contribution in [-0.4, -0.2) is 50.5 Å². The van der Waals surface area contributed by atoms with E-state index in [1.54, 1.807) is 59.8 Å². The number of ether oxygens (including phenoxy) is 5. The predicted molar refractivity (Wildman–Crippen MR) is 112 cm³/mol. The highest BCUT2D eigenvalue weighted by Gasteiger charge is 2.14. The van der Waals surface area contributed by atoms with Crippen LogP contribution in [0, 0.1) is 0 Å². The number of aromatic nitrogens is 3. The first-order valence-corrected chi connectivity index (χ1v) is 8.87. The summed E-state index contributed by atoms with van der Waals surface area (Å²) in [5, 5.41) is 6.22. The Morgan fingerprint density at radius 3 is 1.67 bits per heavy atom. The number of hydrogen-bond acceptors (Lipinski definition) is 10. The van der Waals surface area contributed by atoms with Gasteiger partial charge in [0, 0.05) is 29.6 Å². The normalized spacial score (nSPS) is 10.2. The van der Waals surface area contributed by atoms with E-state index >= 15 is 0 Å². The number of benzene rings is 2. The van der Waals surface area contributed by atoms with Crippen LogP contribution in [0.3, 0.4) is 0 Å². The first kappa shape index (κ1) is 20.8. The van der Waals surface area contributed by atoms with Crippen molar-refractivity contribution in [2.45, 2.75) is 0 Å². The van der Waals surface area contributed by atoms with Crippen molar-refractivity contribution >= 4 is 23.3 Å². The topological polar surface area (TPSA) is 109 Å². The molecule has 0 saturated carbocycles. The molecule has 0 aliphatic carbocycles. The lowest BCUT2D eigenvalue weighted by Crippen LogP contribution is -2.04. The summed E-state index contributed by atoms with van der Waals surface area (Å²) in [4.78, 5) is 12.7. The standard InChI is InChI=1S/C20H23N5O5/c1-26-14-7-6-12(8-15(14)27-2)23-19-21-11-22-20(25-19)24-13-9-16(28-3)18(30-5)17(10-13)29-4/h6-11H,1-5H3,(H2,21,22,23,24,25). The number of anilines is 4. The van der Waals surface area contributed by atoms with E-state index in [0.717, 1.165) is 5.69 Å². The summed E-state index contributed by atoms with van der Waals surface area (Å²) in [7, 11) is 7.80. The van der Waals surface area contributed by atoms with Crippen molar-refractivity contribution in [2.24, 2.45) is 0 Å². The lowest BCUT2D eigenvalue weighted by Gasteiger charge is -2.14. The van der Waals surface area contributed by atoms with Crippen molar-refractivity contribution in [2.75, 3.05) is 46.2 Å². The second-order valence-corrected chi connectivity index (χ2v) is 5.87. The van der Waals surface area contributed by atoms with Crippen LogP contribution in [0.5, 0.6) is 28.7 Å². The smallest absolute Gasteiger partial charge is 0.232 e. The van der Waals surface area contributed by atoms with Crippen molar-refractivity contribution in [3.8, 4) is 28.7 Å². The molecule has 0 aliphatic heterocycles. The Balaban J connectivity index is 1.83. The first-order valence-electron chi connectivity index (χ1n) is 8.87. The Morgan fingerprint density at radius 1 is 0.600 bits per heavy atom. The molecule has 0 unspecified atom stereocenters. The second kappa shape index (κ2) is 9.50. The summed E-state index contributed by atoms with van der Waals surface area (Å²) in [6.07, 6.45) is 1.40. The Bertz CT molecular complexity index is 990. The molecule has 10 heteroatoms. The van der Waals surface area contributed by atoms with E-state index < -0.39 is 0 Å². The monoisotopic (exact) mass is 413 g/mol. The number of nitrogens with one attached hydrogen (secondary N) is 2. The molecule has 2 aromatic carbocycles. The van der Waals surface area contributed by atoms with Gasteiger partial charge in [-0.2, -0.15) is 4.98 Å². The maximum absolute atomic E-state index is 5.37. The van der Waals surface area contributed by atoms with Gasteiger partial charge in [-0.3, -0.25) is 0 Å². The highest BCUT2D eigenvalue weighted by molar-refractivity contribution is 5.66. The molecule has 0 atom stereocenters. The van der Waals surface area contributed by atoms with Crippen LogP contribution >= 0.6 is 0 Å². The average Bonchev–Trinajstić information content (AvgIpc) is 2.78. The van der Waals surface area contributed by atoms with Crippen LogP contribution in [0.15, 0.2) is 36.7 Å². The van der Waals surface area contributed by atoms with Gasteiger partial charge >= 0.3 is 0 Å². The zero-order chi connectivity index (χ0) is 21.5. The van der Waals surface area contributed by atoms with Gasteiger partial charge < -0.3 is 34.3 Å². The summed E-state index contributed by atoms with van der Waals surface area (Å²) < 4.78 is 26.6. The van der Waals surface area contributed by atoms with Crippen LogP contribution in [-0.2, 0) is 0 Å². The van der Waals surface area contributed by atoms with Gasteiger partial charge in [-0.25, -0.2) is 9.97 Å². The number of rotatable bonds is 9. The fraction of sp³-hybridized carbons (Fsp3) is 0.250. The second-order valence-electron chi connectivity index (χ2n) is 5.87. The predicted octanol–water partition coefficient (Wildman–Crippen LogP) is 3.40. The molecule has 0 aliphatic rings. The van der Waals surface area contributed by atoms with Crippen molar-refractivity contribution in [3.05, 3.63) is 36.7 Å². The first-order chi connectivity index (χ1) is 14.6. The largest absolute Gasteiger partial charge is 0.493 e. The minimum atomic E-state index is 0.335. The third kappa shape index (κ3) is 4.54. The average molecular weight is 413 g/mol. The summed E-state index contributed by atoms with van der Waals surface area (Å²) in [6.45, 7) is 0. The van der Waals surface area contributed by atoms with Gasteiger partial charge in [0.25, 0.3) is 0 Å². The Morgan fingerprint density at radius 2 is 1.13 bits per heavy atom. The van der Waals surface area contributed by atoms with Crippen LogP contribution in [0.25, 0.3) is 0 Å². The molecule has 2 N–H and O–H groups in total. The molecule has 1 heterocycles. The van der Waals surface area contributed by atoms with E-state index in [0.29, 0.717) is 46.3 Å². The quantitative estimate of drug-likeness (QED) is 0.542. The Labute approximate surface area is 174 Å². The van der Waals surface area contributed by atoms with Crippen molar-refractivity contribution in [1.29, 1.82) is 0 Å². The highest BCUT2D eigenvalue weighted by atomic mass is 16.5. The summed E-state index contributed by atoms with van der Waals surface area (Å²) in [5.41, 5.74) is 1.39. The van der Waals surface area contributed by atoms with E-state index in [1.807, 2.05) is 6.07 Å². The van der Waals surface area contributed by atoms with Crippen molar-refractivity contribution in [1.82, 2.24) is 15.0 Å². The minimum absolute atomic E-state index is 0.335. The molecule has 0 fully saturated rings. The van der Waals surface area contributed by atoms with Gasteiger partial charge in [-0.05, 0) is 12.1 Å². The number of nitrogens with zero attached hydrogens (tertiary/aromatic N) is 3. The van der Waals surface area contributed by atoms with E-state index in [1.165, 1.54) is 6.33 Å². The van der Waals surface area contributed by atoms with Crippen LogP contribution in [0.1, 0.15) is 0 Å². The maximum Gasteiger partial charge on any atom is 0.232 e. The molecule has 3 rings (SSSR count). The zero-order valence-corrected chi connectivity index (χ0v) is 17.3. The Kier molecular flexibility index (Phi) is 6.58. The van der Waals surface area contributed by atoms with Gasteiger partial charge in [0.05, 0.1) is 35.5 Å². The summed E-state index contributed by atoms with van der Waals surface area (Å²) in [6, 6.07) is 8.92. The molecule has 0 bridgehead atoms. The maximum atomic E-state index is 5.37. The lowest BCUT2D eigenvalue weighted by atomic mass is 10.2. The van der Waals surface area contributed by atoms with Crippen molar-refractivity contribution in [3.63, 3.8) is 0 Å². The molecule has 158 valence electrons. The Hall–Kier alpha value is -3.95. The van der Waals surface area contributed by atoms with E-state index in [2.05, 4.69) is 25.6 Å². The zero-order valence-electron chi connectivity index (χ0n) is 17.3. The molecule has 0 saturated heterocycles. The molecule has 0 spiro atoms. The van der Waals surface area contributed by atoms with Gasteiger partial charge in [0.1, 0.15) is 6.33 Å². The van der Waals surface area contributed by atoms with Gasteiger partial charge in [-0.15, -0.1) is 0 Å². The van der Waals surface area contributed by atoms with Crippen LogP contribution in [0.2, 0.25) is 0 Å². The van der Waals surface area contributed by atoms with Crippen molar-refractivity contribution < 1.29 is 23.7 Å². The van der Waals surface area contributed by atoms with E-state index in [9.17, 15) is 0 Å². The summed E-state index contributed by atoms with van der Waals surface area (Å²) >= 11 is 0. The molecule has 3 aromatic rings. The number of methoxy groups -OCH3 is 5. The SMILES string of the molecule is COc1ccc(Nc2ncnc(Nc3cc(OC)c(OC)c(OC)c3)n2)cc1OC. The van der Waals surface area contributed by atoms with Crippen LogP contribution < -0.4 is 34.3 Å². The molecule has 10 nitrogen and oxygen atoms in total. The lowest BCUT2D eigenvalue weighted by molar-refractivity contribution is 0.324. The molecule has 30 heavy (non-hydrogen) atoms. The third-order valence-electron chi connectivity index (χ3n) is 4.13. The third-order valence-corrected chi connectivity index (χ3v) is 4.13. The number of hydrogen-bond donors (Lipinski definition) is 2. The summed E-state index contributed by atoms with van der Waals surface area (Å²) in [5.74, 6) is 3.43. The minimum Gasteiger partial charge on any atom is -0.493 e. The van der Waals surface area contributed by atoms with Crippen LogP contribution in [0.4, 0.5) is 23.3 Å². The van der Waals surface area contributed by atoms with Gasteiger partial charge in [0.2, 0.25) is 17.6 Å². The molecular formula is C20H23N5O5. The highest BCUT2D eigenvalue weighted by Crippen LogP contribution is 2.40. The fourth-order valence-electron chi connectivity index (χ4n) is 2.74. The van der Waals surface area contributed by atoms with Gasteiger partial charge in [0.15, 0.2) is 23.0 Å². The molecule has 0 radical (unpaired) electrons. The van der Waals surface area contributed by atoms with E-state index in [4.69, 9.17) is 23.7 Å².